The van der Waals surface area contributed by atoms with E-state index in [9.17, 15) is 13.9 Å². The van der Waals surface area contributed by atoms with Gasteiger partial charge in [0, 0.05) is 43.4 Å². The fraction of sp³-hybridized carbons (Fsp3) is 0.370. The average molecular weight is 532 g/mol. The third-order valence-electron chi connectivity index (χ3n) is 5.69. The highest BCUT2D eigenvalue weighted by molar-refractivity contribution is 5.82. The molecule has 1 aromatic heterocycles. The van der Waals surface area contributed by atoms with Crippen LogP contribution in [0.5, 0.6) is 11.5 Å². The van der Waals surface area contributed by atoms with Crippen molar-refractivity contribution < 1.29 is 28.1 Å². The topological polar surface area (TPSA) is 119 Å². The maximum atomic E-state index is 13.6. The SMILES string of the molecule is CC.N/C(=C\N(N)c1cc(F)c(O)c(F)c1)c1ccc2cc(OCCOCCN3CCOCC3)ccc2n1. The number of hydrogen-bond donors (Lipinski definition) is 3. The second-order valence-electron chi connectivity index (χ2n) is 8.22. The maximum Gasteiger partial charge on any atom is 0.187 e. The van der Waals surface area contributed by atoms with Gasteiger partial charge in [-0.2, -0.15) is 0 Å². The van der Waals surface area contributed by atoms with Gasteiger partial charge in [0.05, 0.1) is 49.0 Å². The average Bonchev–Trinajstić information content (AvgIpc) is 2.94. The van der Waals surface area contributed by atoms with Gasteiger partial charge in [0.25, 0.3) is 0 Å². The minimum atomic E-state index is -1.13. The van der Waals surface area contributed by atoms with E-state index in [1.54, 1.807) is 6.07 Å². The largest absolute Gasteiger partial charge is 0.503 e. The third-order valence-corrected chi connectivity index (χ3v) is 5.69. The first-order valence-electron chi connectivity index (χ1n) is 12.5. The third kappa shape index (κ3) is 7.99. The molecule has 1 saturated heterocycles. The Labute approximate surface area is 221 Å². The van der Waals surface area contributed by atoms with Gasteiger partial charge in [-0.3, -0.25) is 9.91 Å². The van der Waals surface area contributed by atoms with Crippen LogP contribution < -0.4 is 21.3 Å². The first kappa shape index (κ1) is 29.1. The van der Waals surface area contributed by atoms with Crippen LogP contribution in [0.4, 0.5) is 14.5 Å². The molecule has 1 fully saturated rings. The fourth-order valence-corrected chi connectivity index (χ4v) is 3.68. The molecule has 2 aromatic carbocycles. The molecule has 1 aliphatic heterocycles. The number of halogens is 2. The summed E-state index contributed by atoms with van der Waals surface area (Å²) in [5, 5.41) is 11.0. The molecule has 38 heavy (non-hydrogen) atoms. The van der Waals surface area contributed by atoms with Crippen LogP contribution in [0.2, 0.25) is 0 Å². The number of rotatable bonds is 10. The molecule has 0 bridgehead atoms. The number of nitrogens with zero attached hydrogens (tertiary/aromatic N) is 3. The monoisotopic (exact) mass is 531 g/mol. The Hall–Kier alpha value is -3.51. The number of hydrazine groups is 1. The fourth-order valence-electron chi connectivity index (χ4n) is 3.68. The quantitative estimate of drug-likeness (QED) is 0.205. The van der Waals surface area contributed by atoms with Crippen molar-refractivity contribution >= 4 is 22.3 Å². The van der Waals surface area contributed by atoms with E-state index in [1.807, 2.05) is 38.1 Å². The second-order valence-corrected chi connectivity index (χ2v) is 8.22. The number of anilines is 1. The van der Waals surface area contributed by atoms with Gasteiger partial charge in [-0.1, -0.05) is 19.9 Å². The molecule has 4 rings (SSSR count). The molecule has 1 aliphatic rings. The van der Waals surface area contributed by atoms with E-state index in [-0.39, 0.29) is 11.4 Å². The van der Waals surface area contributed by atoms with Gasteiger partial charge in [-0.25, -0.2) is 19.6 Å². The summed E-state index contributed by atoms with van der Waals surface area (Å²) < 4.78 is 44.0. The Balaban J connectivity index is 0.00000195. The second kappa shape index (κ2) is 14.4. The summed E-state index contributed by atoms with van der Waals surface area (Å²) in [5.74, 6) is 3.23. The van der Waals surface area contributed by atoms with Gasteiger partial charge in [0.2, 0.25) is 0 Å². The van der Waals surface area contributed by atoms with E-state index >= 15 is 0 Å². The van der Waals surface area contributed by atoms with Gasteiger partial charge >= 0.3 is 0 Å². The van der Waals surface area contributed by atoms with Crippen molar-refractivity contribution in [2.24, 2.45) is 11.6 Å². The molecule has 11 heteroatoms. The van der Waals surface area contributed by atoms with Crippen molar-refractivity contribution in [2.45, 2.75) is 13.8 Å². The summed E-state index contributed by atoms with van der Waals surface area (Å²) in [6.07, 6.45) is 1.29. The minimum absolute atomic E-state index is 0.0293. The van der Waals surface area contributed by atoms with Crippen LogP contribution in [0.3, 0.4) is 0 Å². The van der Waals surface area contributed by atoms with E-state index < -0.39 is 17.4 Å². The number of aromatic nitrogens is 1. The molecular formula is C27H35F2N5O4. The number of hydrogen-bond acceptors (Lipinski definition) is 9. The molecule has 0 spiro atoms. The van der Waals surface area contributed by atoms with Crippen LogP contribution in [-0.2, 0) is 9.47 Å². The van der Waals surface area contributed by atoms with Crippen molar-refractivity contribution in [1.82, 2.24) is 9.88 Å². The number of ether oxygens (including phenoxy) is 3. The number of benzene rings is 2. The van der Waals surface area contributed by atoms with Crippen LogP contribution in [0, 0.1) is 11.6 Å². The highest BCUT2D eigenvalue weighted by Crippen LogP contribution is 2.26. The molecule has 0 amide bonds. The first-order chi connectivity index (χ1) is 18.4. The number of nitrogens with two attached hydrogens (primary N) is 2. The summed E-state index contributed by atoms with van der Waals surface area (Å²) >= 11 is 0. The summed E-state index contributed by atoms with van der Waals surface area (Å²) in [4.78, 5) is 6.83. The zero-order valence-corrected chi connectivity index (χ0v) is 21.7. The van der Waals surface area contributed by atoms with Crippen LogP contribution in [0.1, 0.15) is 19.5 Å². The molecule has 0 unspecified atom stereocenters. The number of morpholine rings is 1. The number of phenols is 1. The molecule has 3 aromatic rings. The lowest BCUT2D eigenvalue weighted by molar-refractivity contribution is 0.0170. The molecule has 2 heterocycles. The Morgan fingerprint density at radius 2 is 1.79 bits per heavy atom. The van der Waals surface area contributed by atoms with E-state index in [2.05, 4.69) is 9.88 Å². The number of fused-ring (bicyclic) bond motifs is 1. The lowest BCUT2D eigenvalue weighted by atomic mass is 10.1. The van der Waals surface area contributed by atoms with E-state index in [1.165, 1.54) is 6.20 Å². The smallest absolute Gasteiger partial charge is 0.187 e. The lowest BCUT2D eigenvalue weighted by Crippen LogP contribution is -2.38. The van der Waals surface area contributed by atoms with Crippen LogP contribution >= 0.6 is 0 Å². The summed E-state index contributed by atoms with van der Waals surface area (Å²) in [7, 11) is 0. The van der Waals surface area contributed by atoms with Crippen LogP contribution in [0.25, 0.3) is 16.6 Å². The Kier molecular flexibility index (Phi) is 11.0. The van der Waals surface area contributed by atoms with E-state index in [0.717, 1.165) is 55.4 Å². The Morgan fingerprint density at radius 3 is 2.50 bits per heavy atom. The van der Waals surface area contributed by atoms with Gasteiger partial charge in [-0.15, -0.1) is 0 Å². The summed E-state index contributed by atoms with van der Waals surface area (Å²) in [6, 6.07) is 10.8. The van der Waals surface area contributed by atoms with Crippen molar-refractivity contribution in [2.75, 3.05) is 57.7 Å². The van der Waals surface area contributed by atoms with Gasteiger partial charge < -0.3 is 25.1 Å². The molecule has 0 radical (unpaired) electrons. The van der Waals surface area contributed by atoms with E-state index in [4.69, 9.17) is 25.8 Å². The van der Waals surface area contributed by atoms with Gasteiger partial charge in [0.15, 0.2) is 17.4 Å². The zero-order chi connectivity index (χ0) is 27.5. The highest BCUT2D eigenvalue weighted by atomic mass is 19.1. The molecule has 0 aliphatic carbocycles. The summed E-state index contributed by atoms with van der Waals surface area (Å²) in [6.45, 7) is 9.89. The molecule has 206 valence electrons. The Morgan fingerprint density at radius 1 is 1.08 bits per heavy atom. The lowest BCUT2D eigenvalue weighted by Gasteiger charge is -2.26. The minimum Gasteiger partial charge on any atom is -0.503 e. The van der Waals surface area contributed by atoms with Crippen molar-refractivity contribution in [1.29, 1.82) is 0 Å². The van der Waals surface area contributed by atoms with Crippen LogP contribution in [-0.4, -0.2) is 67.7 Å². The number of pyridine rings is 1. The van der Waals surface area contributed by atoms with Crippen molar-refractivity contribution in [3.63, 3.8) is 0 Å². The standard InChI is InChI=1S/C25H29F2N5O4.C2H6/c26-20-14-18(15-21(27)25(20)33)32(29)16-22(28)24-3-1-17-13-19(2-4-23(17)30-24)36-12-11-35-10-7-31-5-8-34-9-6-31;1-2/h1-4,13-16,33H,5-12,28-29H2;1-2H3/b22-16-;. The normalized spacial score (nSPS) is 14.2. The number of phenolic OH excluding ortho intramolecular Hbond substituents is 1. The molecule has 0 atom stereocenters. The van der Waals surface area contributed by atoms with Gasteiger partial charge in [-0.05, 0) is 24.3 Å². The number of aromatic hydroxyl groups is 1. The first-order valence-corrected chi connectivity index (χ1v) is 12.5. The van der Waals surface area contributed by atoms with Gasteiger partial charge in [0.1, 0.15) is 12.4 Å². The predicted octanol–water partition coefficient (Wildman–Crippen LogP) is 3.61. The highest BCUT2D eigenvalue weighted by Gasteiger charge is 2.13. The summed E-state index contributed by atoms with van der Waals surface area (Å²) in [5.41, 5.74) is 7.37. The predicted molar refractivity (Wildman–Crippen MR) is 144 cm³/mol. The molecule has 5 N–H and O–H groups in total. The molecule has 0 saturated carbocycles. The zero-order valence-electron chi connectivity index (χ0n) is 21.7. The maximum absolute atomic E-state index is 13.6. The van der Waals surface area contributed by atoms with Crippen molar-refractivity contribution in [3.05, 3.63) is 66.0 Å². The molecule has 9 nitrogen and oxygen atoms in total. The Bertz CT molecular complexity index is 1200. The van der Waals surface area contributed by atoms with Crippen LogP contribution in [0.15, 0.2) is 48.7 Å². The van der Waals surface area contributed by atoms with E-state index in [0.29, 0.717) is 36.8 Å². The van der Waals surface area contributed by atoms with Crippen molar-refractivity contribution in [3.8, 4) is 11.5 Å². The molecular weight excluding hydrogens is 496 g/mol.